The molecule has 1 fully saturated rings. The van der Waals surface area contributed by atoms with E-state index in [4.69, 9.17) is 5.73 Å². The summed E-state index contributed by atoms with van der Waals surface area (Å²) in [5.74, 6) is -0.849. The maximum Gasteiger partial charge on any atom is 0.261 e. The molecule has 1 aliphatic rings. The number of nitrogens with zero attached hydrogens (tertiary/aromatic N) is 1. The summed E-state index contributed by atoms with van der Waals surface area (Å²) in [4.78, 5) is 3.54. The number of sulfonamides is 1. The predicted octanol–water partition coefficient (Wildman–Crippen LogP) is 0.238. The van der Waals surface area contributed by atoms with E-state index in [1.165, 1.54) is 12.3 Å². The summed E-state index contributed by atoms with van der Waals surface area (Å²) < 4.78 is 39.2. The van der Waals surface area contributed by atoms with E-state index >= 15 is 0 Å². The van der Waals surface area contributed by atoms with Crippen molar-refractivity contribution in [2.45, 2.75) is 17.9 Å². The number of pyridine rings is 1. The molecule has 0 aromatic carbocycles. The highest BCUT2D eigenvalue weighted by atomic mass is 32.2. The second-order valence-electron chi connectivity index (χ2n) is 4.32. The van der Waals surface area contributed by atoms with E-state index in [0.29, 0.717) is 6.54 Å². The van der Waals surface area contributed by atoms with Crippen molar-refractivity contribution in [3.8, 4) is 0 Å². The van der Waals surface area contributed by atoms with E-state index in [1.54, 1.807) is 0 Å². The van der Waals surface area contributed by atoms with Crippen LogP contribution in [0.15, 0.2) is 23.4 Å². The molecule has 0 saturated heterocycles. The lowest BCUT2D eigenvalue weighted by molar-refractivity contribution is 0.494. The third-order valence-electron chi connectivity index (χ3n) is 3.01. The van der Waals surface area contributed by atoms with Crippen molar-refractivity contribution >= 4 is 10.0 Å². The van der Waals surface area contributed by atoms with Crippen LogP contribution in [-0.2, 0) is 10.0 Å². The summed E-state index contributed by atoms with van der Waals surface area (Å²) in [6.45, 7) is 0.669. The second-order valence-corrected chi connectivity index (χ2v) is 6.00. The summed E-state index contributed by atoms with van der Waals surface area (Å²) in [6.07, 6.45) is 3.04. The van der Waals surface area contributed by atoms with Gasteiger partial charge < -0.3 is 5.73 Å². The van der Waals surface area contributed by atoms with Gasteiger partial charge in [0.15, 0.2) is 5.82 Å². The fraction of sp³-hybridized carbons (Fsp3) is 0.500. The maximum atomic E-state index is 13.3. The fourth-order valence-corrected chi connectivity index (χ4v) is 2.67. The lowest BCUT2D eigenvalue weighted by Gasteiger charge is -2.13. The highest BCUT2D eigenvalue weighted by molar-refractivity contribution is 7.89. The zero-order valence-corrected chi connectivity index (χ0v) is 10.0. The minimum absolute atomic E-state index is 0.141. The average molecular weight is 259 g/mol. The Morgan fingerprint density at radius 1 is 1.53 bits per heavy atom. The molecule has 17 heavy (non-hydrogen) atoms. The van der Waals surface area contributed by atoms with E-state index in [1.807, 2.05) is 0 Å². The van der Waals surface area contributed by atoms with Gasteiger partial charge in [-0.15, -0.1) is 0 Å². The predicted molar refractivity (Wildman–Crippen MR) is 60.1 cm³/mol. The Kier molecular flexibility index (Phi) is 3.15. The van der Waals surface area contributed by atoms with Crippen molar-refractivity contribution < 1.29 is 12.8 Å². The molecule has 1 aromatic rings. The van der Waals surface area contributed by atoms with Crippen molar-refractivity contribution in [2.75, 3.05) is 13.1 Å². The van der Waals surface area contributed by atoms with Gasteiger partial charge in [-0.1, -0.05) is 0 Å². The van der Waals surface area contributed by atoms with Gasteiger partial charge in [-0.2, -0.15) is 0 Å². The molecule has 1 aromatic heterocycles. The van der Waals surface area contributed by atoms with E-state index in [0.717, 1.165) is 18.9 Å². The van der Waals surface area contributed by atoms with E-state index in [2.05, 4.69) is 9.71 Å². The number of rotatable bonds is 5. The second kappa shape index (κ2) is 4.32. The maximum absolute atomic E-state index is 13.3. The molecule has 7 heteroatoms. The van der Waals surface area contributed by atoms with Crippen LogP contribution in [0.2, 0.25) is 0 Å². The number of hydrogen-bond donors (Lipinski definition) is 2. The SMILES string of the molecule is NCC1(CNS(=O)(=O)c2ncccc2F)CC1. The molecule has 0 amide bonds. The van der Waals surface area contributed by atoms with E-state index in [9.17, 15) is 12.8 Å². The summed E-state index contributed by atoms with van der Waals surface area (Å²) >= 11 is 0. The molecule has 0 atom stereocenters. The smallest absolute Gasteiger partial charge is 0.261 e. The van der Waals surface area contributed by atoms with Gasteiger partial charge in [0.25, 0.3) is 10.0 Å². The van der Waals surface area contributed by atoms with Crippen LogP contribution in [0.4, 0.5) is 4.39 Å². The Morgan fingerprint density at radius 3 is 2.76 bits per heavy atom. The van der Waals surface area contributed by atoms with Gasteiger partial charge in [-0.3, -0.25) is 0 Å². The molecule has 0 spiro atoms. The summed E-state index contributed by atoms with van der Waals surface area (Å²) in [6, 6.07) is 2.41. The van der Waals surface area contributed by atoms with Gasteiger partial charge in [-0.25, -0.2) is 22.5 Å². The third-order valence-corrected chi connectivity index (χ3v) is 4.34. The van der Waals surface area contributed by atoms with Gasteiger partial charge in [0, 0.05) is 12.7 Å². The molecule has 3 N–H and O–H groups in total. The normalized spacial score (nSPS) is 18.0. The Balaban J connectivity index is 2.12. The van der Waals surface area contributed by atoms with E-state index in [-0.39, 0.29) is 12.0 Å². The number of nitrogens with two attached hydrogens (primary N) is 1. The number of nitrogens with one attached hydrogen (secondary N) is 1. The molecular formula is C10H14FN3O2S. The first-order valence-corrected chi connectivity index (χ1v) is 6.78. The Labute approximate surface area is 99.3 Å². The Hall–Kier alpha value is -1.05. The van der Waals surface area contributed by atoms with Crippen molar-refractivity contribution in [1.29, 1.82) is 0 Å². The highest BCUT2D eigenvalue weighted by Crippen LogP contribution is 2.43. The van der Waals surface area contributed by atoms with Gasteiger partial charge >= 0.3 is 0 Å². The quantitative estimate of drug-likeness (QED) is 0.793. The minimum atomic E-state index is -3.89. The largest absolute Gasteiger partial charge is 0.330 e. The topological polar surface area (TPSA) is 85.1 Å². The van der Waals surface area contributed by atoms with Gasteiger partial charge in [0.2, 0.25) is 5.03 Å². The molecule has 0 aliphatic heterocycles. The van der Waals surface area contributed by atoms with Crippen LogP contribution >= 0.6 is 0 Å². The number of aromatic nitrogens is 1. The highest BCUT2D eigenvalue weighted by Gasteiger charge is 2.42. The lowest BCUT2D eigenvalue weighted by Crippen LogP contribution is -2.34. The fourth-order valence-electron chi connectivity index (χ4n) is 1.52. The Morgan fingerprint density at radius 2 is 2.24 bits per heavy atom. The molecular weight excluding hydrogens is 245 g/mol. The molecule has 2 rings (SSSR count). The van der Waals surface area contributed by atoms with Crippen LogP contribution in [0.25, 0.3) is 0 Å². The summed E-state index contributed by atoms with van der Waals surface area (Å²) in [5, 5.41) is -0.562. The average Bonchev–Trinajstić information content (AvgIpc) is 3.08. The van der Waals surface area contributed by atoms with Crippen molar-refractivity contribution in [3.63, 3.8) is 0 Å². The monoisotopic (exact) mass is 259 g/mol. The first kappa shape index (κ1) is 12.4. The first-order valence-electron chi connectivity index (χ1n) is 5.29. The molecule has 1 saturated carbocycles. The van der Waals surface area contributed by atoms with Gasteiger partial charge in [0.1, 0.15) is 0 Å². The lowest BCUT2D eigenvalue weighted by atomic mass is 10.1. The van der Waals surface area contributed by atoms with Crippen LogP contribution in [0, 0.1) is 11.2 Å². The van der Waals surface area contributed by atoms with Crippen molar-refractivity contribution in [2.24, 2.45) is 11.1 Å². The molecule has 94 valence electrons. The van der Waals surface area contributed by atoms with Crippen LogP contribution < -0.4 is 10.5 Å². The van der Waals surface area contributed by atoms with Gasteiger partial charge in [0.05, 0.1) is 0 Å². The minimum Gasteiger partial charge on any atom is -0.330 e. The molecule has 0 unspecified atom stereocenters. The Bertz CT molecular complexity index is 514. The van der Waals surface area contributed by atoms with Crippen LogP contribution in [0.3, 0.4) is 0 Å². The van der Waals surface area contributed by atoms with Crippen molar-refractivity contribution in [3.05, 3.63) is 24.1 Å². The zero-order valence-electron chi connectivity index (χ0n) is 9.19. The molecule has 5 nitrogen and oxygen atoms in total. The summed E-state index contributed by atoms with van der Waals surface area (Å²) in [5.41, 5.74) is 5.40. The van der Waals surface area contributed by atoms with Crippen LogP contribution in [0.1, 0.15) is 12.8 Å². The molecule has 0 radical (unpaired) electrons. The van der Waals surface area contributed by atoms with Crippen LogP contribution in [0.5, 0.6) is 0 Å². The molecule has 1 aliphatic carbocycles. The van der Waals surface area contributed by atoms with Gasteiger partial charge in [-0.05, 0) is 36.9 Å². The molecule has 0 bridgehead atoms. The molecule has 1 heterocycles. The van der Waals surface area contributed by atoms with E-state index < -0.39 is 20.9 Å². The summed E-state index contributed by atoms with van der Waals surface area (Å²) in [7, 11) is -3.89. The standard InChI is InChI=1S/C10H14FN3O2S/c11-8-2-1-5-13-9(8)17(15,16)14-7-10(6-12)3-4-10/h1-2,5,14H,3-4,6-7,12H2. The number of halogens is 1. The zero-order chi connectivity index (χ0) is 12.5. The third kappa shape index (κ3) is 2.62. The number of hydrogen-bond acceptors (Lipinski definition) is 4. The van der Waals surface area contributed by atoms with Crippen LogP contribution in [-0.4, -0.2) is 26.5 Å². The first-order chi connectivity index (χ1) is 7.99. The van der Waals surface area contributed by atoms with Crippen molar-refractivity contribution in [1.82, 2.24) is 9.71 Å².